The van der Waals surface area contributed by atoms with Crippen molar-refractivity contribution in [1.29, 1.82) is 0 Å². The summed E-state index contributed by atoms with van der Waals surface area (Å²) in [5, 5.41) is 0. The standard InChI is InChI=1S/C9H17B.C7H7BO2.C4H9BO2.2CH4/c1-10-8-4-2-5-9(10)7-3-6-8;1-8-9-6-4-2-3-5-7(6)10-8;1-5-6-3-2-4-7-5;;/h8-9H,2-7H2,1H3;2-5H,1H3;2-4H2,1H3;2*1H4. The first-order chi connectivity index (χ1) is 13.1. The lowest BCUT2D eigenvalue weighted by atomic mass is 9.29. The average Bonchev–Trinajstić information content (AvgIpc) is 3.03. The summed E-state index contributed by atoms with van der Waals surface area (Å²) in [6.45, 7) is 9.07. The fourth-order valence-electron chi connectivity index (χ4n) is 4.64. The summed E-state index contributed by atoms with van der Waals surface area (Å²) in [7, 11) is -0.0915. The van der Waals surface area contributed by atoms with Crippen molar-refractivity contribution in [1.82, 2.24) is 0 Å². The molecule has 4 heterocycles. The highest BCUT2D eigenvalue weighted by molar-refractivity contribution is 6.61. The highest BCUT2D eigenvalue weighted by atomic mass is 16.6. The van der Waals surface area contributed by atoms with Crippen LogP contribution in [0.5, 0.6) is 11.5 Å². The number of fused-ring (bicyclic) bond motifs is 3. The molecule has 4 nitrogen and oxygen atoms in total. The van der Waals surface area contributed by atoms with Gasteiger partial charge in [0.1, 0.15) is 18.2 Å². The zero-order valence-electron chi connectivity index (χ0n) is 17.2. The van der Waals surface area contributed by atoms with Crippen molar-refractivity contribution in [2.75, 3.05) is 13.2 Å². The number of benzene rings is 1. The Bertz CT molecular complexity index is 522. The molecule has 0 unspecified atom stereocenters. The van der Waals surface area contributed by atoms with Crippen molar-refractivity contribution in [2.45, 2.75) is 91.9 Å². The van der Waals surface area contributed by atoms with E-state index < -0.39 is 0 Å². The third kappa shape index (κ3) is 7.94. The van der Waals surface area contributed by atoms with Crippen LogP contribution in [0.3, 0.4) is 0 Å². The topological polar surface area (TPSA) is 36.9 Å². The molecule has 0 amide bonds. The van der Waals surface area contributed by atoms with Gasteiger partial charge in [0.05, 0.1) is 0 Å². The third-order valence-electron chi connectivity index (χ3n) is 6.22. The summed E-state index contributed by atoms with van der Waals surface area (Å²) in [6.07, 6.45) is 10.3. The predicted molar refractivity (Wildman–Crippen MR) is 128 cm³/mol. The zero-order valence-corrected chi connectivity index (χ0v) is 17.2. The van der Waals surface area contributed by atoms with Gasteiger partial charge in [-0.15, -0.1) is 0 Å². The van der Waals surface area contributed by atoms with Crippen molar-refractivity contribution >= 4 is 20.9 Å². The largest absolute Gasteiger partial charge is 0.591 e. The van der Waals surface area contributed by atoms with Crippen LogP contribution in [0.25, 0.3) is 0 Å². The molecule has 3 saturated heterocycles. The molecule has 0 N–H and O–H groups in total. The molecule has 0 atom stereocenters. The minimum absolute atomic E-state index is 0. The molecular formula is C22H41B3O4. The smallest absolute Gasteiger partial charge is 0.523 e. The van der Waals surface area contributed by atoms with Crippen LogP contribution in [0.2, 0.25) is 32.1 Å². The minimum Gasteiger partial charge on any atom is -0.523 e. The van der Waals surface area contributed by atoms with E-state index in [9.17, 15) is 0 Å². The van der Waals surface area contributed by atoms with Gasteiger partial charge in [-0.3, -0.25) is 0 Å². The number of hydrogen-bond acceptors (Lipinski definition) is 4. The lowest BCUT2D eigenvalue weighted by Crippen LogP contribution is -2.31. The van der Waals surface area contributed by atoms with Crippen LogP contribution >= 0.6 is 0 Å². The van der Waals surface area contributed by atoms with Crippen LogP contribution in [-0.2, 0) is 9.31 Å². The van der Waals surface area contributed by atoms with Crippen LogP contribution < -0.4 is 9.31 Å². The molecule has 1 aromatic carbocycles. The molecule has 0 radical (unpaired) electrons. The van der Waals surface area contributed by atoms with Crippen LogP contribution in [0.4, 0.5) is 0 Å². The first-order valence-corrected chi connectivity index (χ1v) is 10.8. The normalized spacial score (nSPS) is 24.0. The minimum atomic E-state index is -0.127. The Morgan fingerprint density at radius 1 is 0.690 bits per heavy atom. The Kier molecular flexibility index (Phi) is 11.9. The molecule has 4 aliphatic heterocycles. The van der Waals surface area contributed by atoms with Crippen LogP contribution in [0.15, 0.2) is 24.3 Å². The number of hydrogen-bond donors (Lipinski definition) is 0. The van der Waals surface area contributed by atoms with Crippen molar-refractivity contribution in [2.24, 2.45) is 0 Å². The van der Waals surface area contributed by atoms with Gasteiger partial charge in [0, 0.05) is 13.2 Å². The Morgan fingerprint density at radius 2 is 1.14 bits per heavy atom. The SMILES string of the molecule is C.C.CB1C2CCCC1CCC2.CB1OCCCO1.CB1Oc2ccccc2O1. The summed E-state index contributed by atoms with van der Waals surface area (Å²) >= 11 is 0. The lowest BCUT2D eigenvalue weighted by Gasteiger charge is -2.38. The van der Waals surface area contributed by atoms with Crippen molar-refractivity contribution in [3.63, 3.8) is 0 Å². The van der Waals surface area contributed by atoms with Crippen molar-refractivity contribution < 1.29 is 18.6 Å². The van der Waals surface area contributed by atoms with Gasteiger partial charge in [-0.1, -0.05) is 84.0 Å². The fourth-order valence-corrected chi connectivity index (χ4v) is 4.64. The van der Waals surface area contributed by atoms with Gasteiger partial charge in [-0.05, 0) is 32.2 Å². The van der Waals surface area contributed by atoms with Gasteiger partial charge in [-0.25, -0.2) is 0 Å². The summed E-state index contributed by atoms with van der Waals surface area (Å²) in [6, 6.07) is 7.66. The molecule has 0 saturated carbocycles. The van der Waals surface area contributed by atoms with E-state index in [1.54, 1.807) is 0 Å². The van der Waals surface area contributed by atoms with E-state index >= 15 is 0 Å². The Hall–Kier alpha value is -1.07. The van der Waals surface area contributed by atoms with Gasteiger partial charge in [0.2, 0.25) is 0 Å². The molecule has 7 heteroatoms. The molecule has 4 aliphatic rings. The Morgan fingerprint density at radius 3 is 1.48 bits per heavy atom. The highest BCUT2D eigenvalue weighted by Gasteiger charge is 2.35. The van der Waals surface area contributed by atoms with Gasteiger partial charge in [0.15, 0.2) is 0 Å². The molecule has 0 aliphatic carbocycles. The van der Waals surface area contributed by atoms with Crippen LogP contribution in [-0.4, -0.2) is 34.2 Å². The van der Waals surface area contributed by atoms with Gasteiger partial charge >= 0.3 is 14.2 Å². The quantitative estimate of drug-likeness (QED) is 0.458. The van der Waals surface area contributed by atoms with E-state index in [4.69, 9.17) is 18.6 Å². The Balaban J connectivity index is 0.000000214. The molecule has 162 valence electrons. The molecule has 2 bridgehead atoms. The van der Waals surface area contributed by atoms with Gasteiger partial charge < -0.3 is 18.6 Å². The highest BCUT2D eigenvalue weighted by Crippen LogP contribution is 2.45. The molecule has 0 spiro atoms. The lowest BCUT2D eigenvalue weighted by molar-refractivity contribution is 0.138. The molecule has 3 fully saturated rings. The van der Waals surface area contributed by atoms with Crippen molar-refractivity contribution in [3.05, 3.63) is 24.3 Å². The molecule has 29 heavy (non-hydrogen) atoms. The van der Waals surface area contributed by atoms with E-state index in [-0.39, 0.29) is 29.1 Å². The third-order valence-corrected chi connectivity index (χ3v) is 6.22. The van der Waals surface area contributed by atoms with E-state index in [0.717, 1.165) is 49.5 Å². The number of rotatable bonds is 0. The summed E-state index contributed by atoms with van der Waals surface area (Å²) in [5.41, 5.74) is 0. The maximum atomic E-state index is 5.28. The second kappa shape index (κ2) is 13.3. The van der Waals surface area contributed by atoms with E-state index in [1.807, 2.05) is 37.9 Å². The average molecular weight is 402 g/mol. The van der Waals surface area contributed by atoms with Gasteiger partial charge in [0.25, 0.3) is 0 Å². The van der Waals surface area contributed by atoms with Crippen molar-refractivity contribution in [3.8, 4) is 11.5 Å². The monoisotopic (exact) mass is 402 g/mol. The van der Waals surface area contributed by atoms with Crippen LogP contribution in [0, 0.1) is 0 Å². The second-order valence-corrected chi connectivity index (χ2v) is 8.15. The summed E-state index contributed by atoms with van der Waals surface area (Å²) < 4.78 is 20.7. The summed E-state index contributed by atoms with van der Waals surface area (Å²) in [5.74, 6) is 3.92. The van der Waals surface area contributed by atoms with E-state index in [1.165, 1.54) is 38.5 Å². The zero-order chi connectivity index (χ0) is 19.1. The first kappa shape index (κ1) is 26.0. The maximum Gasteiger partial charge on any atom is 0.591 e. The molecule has 0 aromatic heterocycles. The second-order valence-electron chi connectivity index (χ2n) is 8.15. The van der Waals surface area contributed by atoms with E-state index in [2.05, 4.69) is 6.82 Å². The molecule has 5 rings (SSSR count). The maximum absolute atomic E-state index is 5.28. The molecular weight excluding hydrogens is 361 g/mol. The first-order valence-electron chi connectivity index (χ1n) is 10.8. The summed E-state index contributed by atoms with van der Waals surface area (Å²) in [4.78, 5) is 0. The Labute approximate surface area is 180 Å². The number of para-hydroxylation sites is 2. The molecule has 1 aromatic rings. The van der Waals surface area contributed by atoms with Gasteiger partial charge in [-0.2, -0.15) is 0 Å². The van der Waals surface area contributed by atoms with E-state index in [0.29, 0.717) is 0 Å². The van der Waals surface area contributed by atoms with Crippen LogP contribution in [0.1, 0.15) is 59.8 Å². The fraction of sp³-hybridized carbons (Fsp3) is 0.727. The predicted octanol–water partition coefficient (Wildman–Crippen LogP) is 6.61.